The summed E-state index contributed by atoms with van der Waals surface area (Å²) in [5, 5.41) is 33.3. The van der Waals surface area contributed by atoms with Gasteiger partial charge in [-0.3, -0.25) is 0 Å². The zero-order chi connectivity index (χ0) is 38.5. The van der Waals surface area contributed by atoms with E-state index in [4.69, 9.17) is 5.73 Å². The van der Waals surface area contributed by atoms with Crippen molar-refractivity contribution < 1.29 is 10.2 Å². The van der Waals surface area contributed by atoms with Gasteiger partial charge >= 0.3 is 0 Å². The Labute approximate surface area is 363 Å². The molecule has 0 saturated carbocycles. The number of nitrogens with one attached hydrogen (secondary N) is 3. The van der Waals surface area contributed by atoms with Crippen LogP contribution in [-0.4, -0.2) is 49.5 Å². The monoisotopic (exact) mass is 853 g/mol. The summed E-state index contributed by atoms with van der Waals surface area (Å²) in [4.78, 5) is 0. The zero-order valence-electron chi connectivity index (χ0n) is 36.8. The van der Waals surface area contributed by atoms with Gasteiger partial charge in [0.15, 0.2) is 0 Å². The fourth-order valence-corrected chi connectivity index (χ4v) is 6.94. The van der Waals surface area contributed by atoms with Crippen LogP contribution in [0.4, 0.5) is 0 Å². The van der Waals surface area contributed by atoms with Crippen LogP contribution in [0.3, 0.4) is 0 Å². The second kappa shape index (κ2) is 26.9. The Morgan fingerprint density at radius 2 is 0.818 bits per heavy atom. The second-order valence-corrected chi connectivity index (χ2v) is 19.3. The molecule has 0 amide bonds. The second-order valence-electron chi connectivity index (χ2n) is 19.3. The molecule has 2 aromatic carbocycles. The lowest BCUT2D eigenvalue weighted by atomic mass is 9.77. The van der Waals surface area contributed by atoms with E-state index in [0.717, 1.165) is 107 Å². The maximum absolute atomic E-state index is 11.3. The van der Waals surface area contributed by atoms with Gasteiger partial charge in [-0.25, -0.2) is 0 Å². The summed E-state index contributed by atoms with van der Waals surface area (Å²) in [6.45, 7) is 33.0. The number of halogens is 4. The quantitative estimate of drug-likeness (QED) is 0.0700. The highest BCUT2D eigenvalue weighted by Crippen LogP contribution is 2.41. The van der Waals surface area contributed by atoms with Gasteiger partial charge in [-0.1, -0.05) is 120 Å². The molecule has 0 saturated heterocycles. The smallest absolute Gasteiger partial charge is 0.123 e. The Kier molecular flexibility index (Phi) is 28.6. The minimum Gasteiger partial charge on any atom is -0.507 e. The van der Waals surface area contributed by atoms with Crippen LogP contribution in [0.5, 0.6) is 11.5 Å². The molecule has 0 heterocycles. The third-order valence-electron chi connectivity index (χ3n) is 10.1. The Hall–Kier alpha value is -0.960. The number of aromatic hydroxyl groups is 2. The molecule has 6 nitrogen and oxygen atoms in total. The fraction of sp³-hybridized carbons (Fsp3) is 0.733. The number of phenolic OH excluding ortho intramolecular Hbond substituents is 2. The van der Waals surface area contributed by atoms with Crippen molar-refractivity contribution in [3.8, 4) is 11.5 Å². The minimum absolute atomic E-state index is 0. The molecule has 0 aliphatic carbocycles. The van der Waals surface area contributed by atoms with Crippen molar-refractivity contribution in [3.63, 3.8) is 0 Å². The van der Waals surface area contributed by atoms with Crippen molar-refractivity contribution in [1.82, 2.24) is 16.0 Å². The summed E-state index contributed by atoms with van der Waals surface area (Å²) in [7, 11) is 0. The first-order valence-electron chi connectivity index (χ1n) is 20.2. The van der Waals surface area contributed by atoms with Crippen LogP contribution >= 0.6 is 49.6 Å². The molecule has 0 fully saturated rings. The number of nitrogens with two attached hydrogens (primary N) is 1. The summed E-state index contributed by atoms with van der Waals surface area (Å²) < 4.78 is 0. The first kappa shape index (κ1) is 58.4. The Balaban J connectivity index is -0.00000676. The maximum atomic E-state index is 11.3. The standard InChI is InChI=1S/C45H80N4O2.4ClH/c1-42(2,3)36-28-34(29-37(40(36)50)43(4,5)6)27-33(19-13-15-22-47-23-16-14-21-46)20-26-48-24-17-18-25-49-32-35-30-38(44(7,8)9)41(51)39(31-35)45(10,11)12;;;;/h28-31,33,47-51H,13-27,32,46H2,1-12H3;4*1H. The SMILES string of the molecule is CC(C)(C)c1cc(CNCCCCNCCC(CCCCNCCCCN)Cc2cc(C(C)(C)C)c(O)c(C(C)(C)C)c2)cc(C(C)(C)C)c1O.Cl.Cl.Cl.Cl. The zero-order valence-corrected chi connectivity index (χ0v) is 40.1. The lowest BCUT2D eigenvalue weighted by Crippen LogP contribution is -2.23. The summed E-state index contributed by atoms with van der Waals surface area (Å²) in [5.74, 6) is 1.52. The van der Waals surface area contributed by atoms with Crippen molar-refractivity contribution in [3.05, 3.63) is 57.6 Å². The number of hydrogen-bond acceptors (Lipinski definition) is 6. The molecule has 0 aliphatic heterocycles. The van der Waals surface area contributed by atoms with Gasteiger partial charge in [0.05, 0.1) is 0 Å². The van der Waals surface area contributed by atoms with Crippen molar-refractivity contribution in [2.45, 2.75) is 169 Å². The molecular formula is C45H84Cl4N4O2. The first-order chi connectivity index (χ1) is 23.7. The van der Waals surface area contributed by atoms with Gasteiger partial charge in [0.1, 0.15) is 11.5 Å². The van der Waals surface area contributed by atoms with Crippen LogP contribution in [0.15, 0.2) is 24.3 Å². The molecule has 324 valence electrons. The number of benzene rings is 2. The van der Waals surface area contributed by atoms with Gasteiger partial charge in [-0.15, -0.1) is 49.6 Å². The molecule has 0 spiro atoms. The normalized spacial score (nSPS) is 12.6. The lowest BCUT2D eigenvalue weighted by Gasteiger charge is -2.29. The van der Waals surface area contributed by atoms with Crippen LogP contribution in [0.2, 0.25) is 0 Å². The molecular weight excluding hydrogens is 770 g/mol. The average molecular weight is 855 g/mol. The highest BCUT2D eigenvalue weighted by molar-refractivity contribution is 5.86. The molecule has 0 radical (unpaired) electrons. The Morgan fingerprint density at radius 3 is 1.22 bits per heavy atom. The average Bonchev–Trinajstić information content (AvgIpc) is 3.00. The van der Waals surface area contributed by atoms with Gasteiger partial charge in [0.2, 0.25) is 0 Å². The van der Waals surface area contributed by atoms with Crippen LogP contribution in [0.25, 0.3) is 0 Å². The minimum atomic E-state index is -0.115. The molecule has 0 bridgehead atoms. The number of phenols is 2. The van der Waals surface area contributed by atoms with Gasteiger partial charge in [-0.2, -0.15) is 0 Å². The highest BCUT2D eigenvalue weighted by Gasteiger charge is 2.28. The molecule has 1 atom stereocenters. The van der Waals surface area contributed by atoms with E-state index in [2.05, 4.69) is 123 Å². The molecule has 0 aliphatic rings. The van der Waals surface area contributed by atoms with Gasteiger partial charge in [0, 0.05) is 6.54 Å². The van der Waals surface area contributed by atoms with Crippen molar-refractivity contribution in [2.75, 3.05) is 39.3 Å². The van der Waals surface area contributed by atoms with Crippen LogP contribution in [0, 0.1) is 5.92 Å². The summed E-state index contributed by atoms with van der Waals surface area (Å²) in [5.41, 5.74) is 12.0. The van der Waals surface area contributed by atoms with E-state index in [1.807, 2.05) is 0 Å². The highest BCUT2D eigenvalue weighted by atomic mass is 35.5. The summed E-state index contributed by atoms with van der Waals surface area (Å²) in [6, 6.07) is 8.93. The van der Waals surface area contributed by atoms with Crippen LogP contribution in [-0.2, 0) is 34.6 Å². The van der Waals surface area contributed by atoms with Gasteiger partial charge in [0.25, 0.3) is 0 Å². The van der Waals surface area contributed by atoms with E-state index in [9.17, 15) is 10.2 Å². The fourth-order valence-electron chi connectivity index (χ4n) is 6.94. The molecule has 55 heavy (non-hydrogen) atoms. The predicted octanol–water partition coefficient (Wildman–Crippen LogP) is 11.2. The van der Waals surface area contributed by atoms with Crippen LogP contribution < -0.4 is 21.7 Å². The topological polar surface area (TPSA) is 103 Å². The van der Waals surface area contributed by atoms with E-state index in [1.54, 1.807) is 0 Å². The van der Waals surface area contributed by atoms with Crippen molar-refractivity contribution >= 4 is 49.6 Å². The number of hydrogen-bond donors (Lipinski definition) is 6. The summed E-state index contributed by atoms with van der Waals surface area (Å²) in [6.07, 6.45) is 10.4. The molecule has 2 rings (SSSR count). The molecule has 1 unspecified atom stereocenters. The lowest BCUT2D eigenvalue weighted by molar-refractivity contribution is 0.405. The van der Waals surface area contributed by atoms with Crippen molar-refractivity contribution in [2.24, 2.45) is 11.7 Å². The Morgan fingerprint density at radius 1 is 0.473 bits per heavy atom. The van der Waals surface area contributed by atoms with Crippen LogP contribution in [0.1, 0.15) is 168 Å². The molecule has 7 N–H and O–H groups in total. The third-order valence-corrected chi connectivity index (χ3v) is 10.1. The Bertz CT molecular complexity index is 1260. The van der Waals surface area contributed by atoms with E-state index in [0.29, 0.717) is 17.4 Å². The van der Waals surface area contributed by atoms with Gasteiger partial charge < -0.3 is 31.9 Å². The predicted molar refractivity (Wildman–Crippen MR) is 251 cm³/mol. The largest absolute Gasteiger partial charge is 0.507 e. The van der Waals surface area contributed by atoms with E-state index in [-0.39, 0.29) is 71.3 Å². The van der Waals surface area contributed by atoms with E-state index >= 15 is 0 Å². The molecule has 10 heteroatoms. The van der Waals surface area contributed by atoms with Gasteiger partial charge in [-0.05, 0) is 145 Å². The van der Waals surface area contributed by atoms with Crippen molar-refractivity contribution in [1.29, 1.82) is 0 Å². The third kappa shape index (κ3) is 21.0. The molecule has 2 aromatic rings. The van der Waals surface area contributed by atoms with E-state index in [1.165, 1.54) is 30.4 Å². The first-order valence-corrected chi connectivity index (χ1v) is 20.2. The molecule has 0 aromatic heterocycles. The van der Waals surface area contributed by atoms with E-state index < -0.39 is 0 Å². The number of unbranched alkanes of at least 4 members (excludes halogenated alkanes) is 3. The number of rotatable bonds is 21. The maximum Gasteiger partial charge on any atom is 0.123 e. The summed E-state index contributed by atoms with van der Waals surface area (Å²) >= 11 is 0.